The van der Waals surface area contributed by atoms with Crippen LogP contribution >= 0.6 is 11.3 Å². The number of nitrogens with zero attached hydrogens (tertiary/aromatic N) is 4. The number of hydrogen-bond donors (Lipinski definition) is 1. The molecular formula is C22H23N5O2S. The third-order valence-corrected chi connectivity index (χ3v) is 5.54. The van der Waals surface area contributed by atoms with E-state index in [0.717, 1.165) is 21.5 Å². The number of pyridine rings is 2. The van der Waals surface area contributed by atoms with Crippen LogP contribution in [0.2, 0.25) is 0 Å². The van der Waals surface area contributed by atoms with E-state index in [1.54, 1.807) is 23.7 Å². The van der Waals surface area contributed by atoms with Crippen molar-refractivity contribution < 1.29 is 9.53 Å². The number of nitrogens with one attached hydrogen (secondary N) is 1. The van der Waals surface area contributed by atoms with E-state index in [1.807, 2.05) is 61.2 Å². The lowest BCUT2D eigenvalue weighted by Crippen LogP contribution is -2.23. The number of rotatable bonds is 7. The first kappa shape index (κ1) is 20.0. The van der Waals surface area contributed by atoms with Crippen LogP contribution < -0.4 is 10.1 Å². The van der Waals surface area contributed by atoms with Crippen LogP contribution in [0.4, 0.5) is 0 Å². The van der Waals surface area contributed by atoms with E-state index in [4.69, 9.17) is 9.72 Å². The molecule has 4 heterocycles. The number of hydrogen-bond acceptors (Lipinski definition) is 6. The Morgan fingerprint density at radius 1 is 1.30 bits per heavy atom. The fraction of sp³-hybridized carbons (Fsp3) is 0.273. The summed E-state index contributed by atoms with van der Waals surface area (Å²) >= 11 is 1.59. The summed E-state index contributed by atoms with van der Waals surface area (Å²) in [5.41, 5.74) is 2.85. The number of aromatic nitrogens is 4. The van der Waals surface area contributed by atoms with Crippen molar-refractivity contribution in [3.8, 4) is 16.5 Å². The lowest BCUT2D eigenvalue weighted by Gasteiger charge is -2.12. The highest BCUT2D eigenvalue weighted by molar-refractivity contribution is 7.13. The van der Waals surface area contributed by atoms with E-state index in [2.05, 4.69) is 15.4 Å². The molecule has 0 aliphatic heterocycles. The first-order chi connectivity index (χ1) is 14.6. The van der Waals surface area contributed by atoms with Crippen LogP contribution in [0.25, 0.3) is 21.6 Å². The Labute approximate surface area is 178 Å². The molecule has 0 saturated carbocycles. The van der Waals surface area contributed by atoms with Crippen molar-refractivity contribution in [2.75, 3.05) is 6.61 Å². The molecule has 154 valence electrons. The van der Waals surface area contributed by atoms with Gasteiger partial charge in [0.15, 0.2) is 5.65 Å². The highest BCUT2D eigenvalue weighted by atomic mass is 32.1. The largest absolute Gasteiger partial charge is 0.478 e. The maximum atomic E-state index is 13.2. The molecule has 0 fully saturated rings. The number of thiophene rings is 1. The maximum absolute atomic E-state index is 13.2. The molecular weight excluding hydrogens is 398 g/mol. The van der Waals surface area contributed by atoms with Crippen molar-refractivity contribution in [1.82, 2.24) is 25.1 Å². The van der Waals surface area contributed by atoms with Gasteiger partial charge in [-0.05, 0) is 44.4 Å². The number of fused-ring (bicyclic) bond motifs is 1. The summed E-state index contributed by atoms with van der Waals surface area (Å²) in [6.07, 6.45) is 3.39. The molecule has 0 radical (unpaired) electrons. The Kier molecular flexibility index (Phi) is 5.76. The van der Waals surface area contributed by atoms with Gasteiger partial charge >= 0.3 is 0 Å². The van der Waals surface area contributed by atoms with Gasteiger partial charge in [0.2, 0.25) is 5.88 Å². The molecule has 0 atom stereocenters. The fourth-order valence-corrected chi connectivity index (χ4v) is 3.92. The van der Waals surface area contributed by atoms with Crippen molar-refractivity contribution in [2.45, 2.75) is 33.4 Å². The van der Waals surface area contributed by atoms with E-state index < -0.39 is 0 Å². The van der Waals surface area contributed by atoms with Gasteiger partial charge in [0.25, 0.3) is 5.91 Å². The van der Waals surface area contributed by atoms with Crippen molar-refractivity contribution in [2.24, 2.45) is 0 Å². The van der Waals surface area contributed by atoms with Crippen LogP contribution in [-0.2, 0) is 6.54 Å². The Morgan fingerprint density at radius 3 is 2.90 bits per heavy atom. The van der Waals surface area contributed by atoms with E-state index in [1.165, 1.54) is 0 Å². The summed E-state index contributed by atoms with van der Waals surface area (Å²) in [5, 5.41) is 10.2. The molecule has 0 aliphatic rings. The Morgan fingerprint density at radius 2 is 2.17 bits per heavy atom. The van der Waals surface area contributed by atoms with Gasteiger partial charge in [0.1, 0.15) is 0 Å². The molecule has 7 nitrogen and oxygen atoms in total. The van der Waals surface area contributed by atoms with Crippen LogP contribution in [0, 0.1) is 0 Å². The number of amides is 1. The Hall–Kier alpha value is -3.26. The fourth-order valence-electron chi connectivity index (χ4n) is 3.23. The molecule has 8 heteroatoms. The minimum atomic E-state index is -0.185. The molecule has 0 spiro atoms. The van der Waals surface area contributed by atoms with Gasteiger partial charge in [-0.1, -0.05) is 12.1 Å². The molecule has 0 aliphatic carbocycles. The minimum Gasteiger partial charge on any atom is -0.478 e. The average molecular weight is 422 g/mol. The predicted molar refractivity (Wildman–Crippen MR) is 118 cm³/mol. The van der Waals surface area contributed by atoms with Crippen molar-refractivity contribution in [3.05, 3.63) is 59.2 Å². The maximum Gasteiger partial charge on any atom is 0.252 e. The summed E-state index contributed by atoms with van der Waals surface area (Å²) < 4.78 is 7.40. The summed E-state index contributed by atoms with van der Waals surface area (Å²) in [5.74, 6) is 0.349. The smallest absolute Gasteiger partial charge is 0.252 e. The SMILES string of the molecule is CCOc1ncccc1CNC(=O)c1cc(-c2cccs2)nc2c1cnn2C(C)C. The van der Waals surface area contributed by atoms with Gasteiger partial charge in [0.05, 0.1) is 34.3 Å². The molecule has 0 aromatic carbocycles. The second kappa shape index (κ2) is 8.62. The highest BCUT2D eigenvalue weighted by Crippen LogP contribution is 2.29. The van der Waals surface area contributed by atoms with Crippen molar-refractivity contribution >= 4 is 28.3 Å². The third kappa shape index (κ3) is 3.91. The third-order valence-electron chi connectivity index (χ3n) is 4.64. The van der Waals surface area contributed by atoms with Crippen LogP contribution in [0.3, 0.4) is 0 Å². The summed E-state index contributed by atoms with van der Waals surface area (Å²) in [7, 11) is 0. The van der Waals surface area contributed by atoms with Gasteiger partial charge in [-0.25, -0.2) is 14.6 Å². The first-order valence-electron chi connectivity index (χ1n) is 9.85. The van der Waals surface area contributed by atoms with Gasteiger partial charge in [-0.2, -0.15) is 5.10 Å². The summed E-state index contributed by atoms with van der Waals surface area (Å²) in [4.78, 5) is 23.2. The molecule has 4 rings (SSSR count). The minimum absolute atomic E-state index is 0.133. The molecule has 1 amide bonds. The van der Waals surface area contributed by atoms with Crippen LogP contribution in [-0.4, -0.2) is 32.3 Å². The zero-order valence-corrected chi connectivity index (χ0v) is 17.9. The molecule has 4 aromatic rings. The normalized spacial score (nSPS) is 11.2. The lowest BCUT2D eigenvalue weighted by molar-refractivity contribution is 0.0952. The van der Waals surface area contributed by atoms with E-state index >= 15 is 0 Å². The standard InChI is InChI=1S/C22H23N5O2S/c1-4-29-22-15(7-5-9-23-22)12-24-21(28)16-11-18(19-8-6-10-30-19)26-20-17(16)13-25-27(20)14(2)3/h5-11,13-14H,4,12H2,1-3H3,(H,24,28). The van der Waals surface area contributed by atoms with Crippen molar-refractivity contribution in [3.63, 3.8) is 0 Å². The van der Waals surface area contributed by atoms with Gasteiger partial charge in [0, 0.05) is 24.3 Å². The first-order valence-corrected chi connectivity index (χ1v) is 10.7. The topological polar surface area (TPSA) is 81.9 Å². The highest BCUT2D eigenvalue weighted by Gasteiger charge is 2.19. The molecule has 1 N–H and O–H groups in total. The Bertz CT molecular complexity index is 1170. The average Bonchev–Trinajstić information content (AvgIpc) is 3.42. The van der Waals surface area contributed by atoms with E-state index in [0.29, 0.717) is 30.2 Å². The molecule has 0 saturated heterocycles. The summed E-state index contributed by atoms with van der Waals surface area (Å²) in [6.45, 7) is 6.83. The van der Waals surface area contributed by atoms with Gasteiger partial charge in [-0.15, -0.1) is 11.3 Å². The van der Waals surface area contributed by atoms with Gasteiger partial charge in [-0.3, -0.25) is 4.79 Å². The number of ether oxygens (including phenoxy) is 1. The Balaban J connectivity index is 1.70. The zero-order valence-electron chi connectivity index (χ0n) is 17.1. The van der Waals surface area contributed by atoms with Gasteiger partial charge < -0.3 is 10.1 Å². The molecule has 4 aromatic heterocycles. The molecule has 0 bridgehead atoms. The van der Waals surface area contributed by atoms with Crippen molar-refractivity contribution in [1.29, 1.82) is 0 Å². The van der Waals surface area contributed by atoms with Crippen LogP contribution in [0.15, 0.2) is 48.1 Å². The second-order valence-corrected chi connectivity index (χ2v) is 7.98. The quantitative estimate of drug-likeness (QED) is 0.476. The second-order valence-electron chi connectivity index (χ2n) is 7.04. The molecule has 30 heavy (non-hydrogen) atoms. The van der Waals surface area contributed by atoms with Crippen LogP contribution in [0.5, 0.6) is 5.88 Å². The predicted octanol–water partition coefficient (Wildman–Crippen LogP) is 4.46. The van der Waals surface area contributed by atoms with Crippen LogP contribution in [0.1, 0.15) is 42.7 Å². The summed E-state index contributed by atoms with van der Waals surface area (Å²) in [6, 6.07) is 9.67. The number of carbonyl (C=O) groups excluding carboxylic acids is 1. The monoisotopic (exact) mass is 421 g/mol. The van der Waals surface area contributed by atoms with E-state index in [9.17, 15) is 4.79 Å². The number of carbonyl (C=O) groups is 1. The van der Waals surface area contributed by atoms with E-state index in [-0.39, 0.29) is 11.9 Å². The lowest BCUT2D eigenvalue weighted by atomic mass is 10.1. The molecule has 0 unspecified atom stereocenters. The zero-order chi connectivity index (χ0) is 21.1.